The predicted molar refractivity (Wildman–Crippen MR) is 85.3 cm³/mol. The zero-order chi connectivity index (χ0) is 17.7. The van der Waals surface area contributed by atoms with Gasteiger partial charge in [-0.2, -0.15) is 0 Å². The van der Waals surface area contributed by atoms with E-state index in [4.69, 9.17) is 20.9 Å². The van der Waals surface area contributed by atoms with E-state index >= 15 is 0 Å². The third-order valence-electron chi connectivity index (χ3n) is 3.33. The number of nitrogens with one attached hydrogen (secondary N) is 1. The van der Waals surface area contributed by atoms with E-state index in [1.54, 1.807) is 13.8 Å². The highest BCUT2D eigenvalue weighted by atomic mass is 35.5. The third-order valence-corrected chi connectivity index (χ3v) is 3.56. The van der Waals surface area contributed by atoms with Gasteiger partial charge in [0.15, 0.2) is 6.61 Å². The molecule has 0 bridgehead atoms. The van der Waals surface area contributed by atoms with E-state index in [1.165, 1.54) is 12.1 Å². The molecule has 6 nitrogen and oxygen atoms in total. The number of benzene rings is 1. The van der Waals surface area contributed by atoms with Gasteiger partial charge in [0.05, 0.1) is 11.4 Å². The first-order chi connectivity index (χ1) is 11.4. The first-order valence-corrected chi connectivity index (χ1v) is 7.57. The minimum absolute atomic E-state index is 0.0701. The van der Waals surface area contributed by atoms with Gasteiger partial charge in [0.2, 0.25) is 0 Å². The molecule has 0 aliphatic heterocycles. The van der Waals surface area contributed by atoms with Crippen LogP contribution in [0.3, 0.4) is 0 Å². The molecule has 0 spiro atoms. The summed E-state index contributed by atoms with van der Waals surface area (Å²) in [5.41, 5.74) is 1.49. The monoisotopic (exact) mass is 354 g/mol. The number of nitrogens with zero attached hydrogens (tertiary/aromatic N) is 1. The number of carbonyl (C=O) groups excluding carboxylic acids is 2. The second-order valence-corrected chi connectivity index (χ2v) is 5.57. The van der Waals surface area contributed by atoms with Crippen molar-refractivity contribution in [2.24, 2.45) is 0 Å². The lowest BCUT2D eigenvalue weighted by molar-refractivity contribution is -0.147. The molecule has 1 aromatic heterocycles. The van der Waals surface area contributed by atoms with Crippen LogP contribution in [0.4, 0.5) is 10.1 Å². The van der Waals surface area contributed by atoms with E-state index in [-0.39, 0.29) is 17.1 Å². The predicted octanol–water partition coefficient (Wildman–Crippen LogP) is 3.20. The van der Waals surface area contributed by atoms with Gasteiger partial charge in [-0.25, -0.2) is 4.39 Å². The van der Waals surface area contributed by atoms with Crippen molar-refractivity contribution in [3.63, 3.8) is 0 Å². The Kier molecular flexibility index (Phi) is 5.92. The van der Waals surface area contributed by atoms with Crippen molar-refractivity contribution >= 4 is 29.2 Å². The Morgan fingerprint density at radius 1 is 1.38 bits per heavy atom. The number of hydrogen-bond acceptors (Lipinski definition) is 5. The van der Waals surface area contributed by atoms with Crippen LogP contribution in [0.25, 0.3) is 0 Å². The van der Waals surface area contributed by atoms with E-state index in [0.29, 0.717) is 12.2 Å². The summed E-state index contributed by atoms with van der Waals surface area (Å²) >= 11 is 5.73. The molecule has 2 rings (SSSR count). The Bertz CT molecular complexity index is 741. The number of halogens is 2. The highest BCUT2D eigenvalue weighted by Crippen LogP contribution is 2.19. The molecular formula is C16H16ClFN2O4. The summed E-state index contributed by atoms with van der Waals surface area (Å²) in [4.78, 5) is 23.4. The fraction of sp³-hybridized carbons (Fsp3) is 0.312. The SMILES string of the molecule is Cc1noc(C)c1CCC(=O)OCC(=O)Nc1cc(Cl)ccc1F. The van der Waals surface area contributed by atoms with Gasteiger partial charge in [0.1, 0.15) is 11.6 Å². The van der Waals surface area contributed by atoms with Gasteiger partial charge in [-0.05, 0) is 38.5 Å². The highest BCUT2D eigenvalue weighted by molar-refractivity contribution is 6.30. The third kappa shape index (κ3) is 4.79. The molecule has 1 heterocycles. The Labute approximate surface area is 142 Å². The summed E-state index contributed by atoms with van der Waals surface area (Å²) in [5, 5.41) is 6.37. The maximum absolute atomic E-state index is 13.5. The van der Waals surface area contributed by atoms with Gasteiger partial charge >= 0.3 is 5.97 Å². The van der Waals surface area contributed by atoms with Crippen LogP contribution in [0.15, 0.2) is 22.7 Å². The normalized spacial score (nSPS) is 10.5. The number of rotatable bonds is 6. The van der Waals surface area contributed by atoms with Crippen molar-refractivity contribution < 1.29 is 23.2 Å². The first-order valence-electron chi connectivity index (χ1n) is 7.19. The van der Waals surface area contributed by atoms with Gasteiger partial charge in [-0.3, -0.25) is 9.59 Å². The number of anilines is 1. The Hall–Kier alpha value is -2.41. The van der Waals surface area contributed by atoms with Crippen LogP contribution in [0.5, 0.6) is 0 Å². The molecule has 0 radical (unpaired) electrons. The molecule has 0 fully saturated rings. The van der Waals surface area contributed by atoms with Crippen LogP contribution >= 0.6 is 11.6 Å². The smallest absolute Gasteiger partial charge is 0.306 e. The quantitative estimate of drug-likeness (QED) is 0.805. The summed E-state index contributed by atoms with van der Waals surface area (Å²) < 4.78 is 23.4. The van der Waals surface area contributed by atoms with Crippen molar-refractivity contribution in [1.82, 2.24) is 5.16 Å². The van der Waals surface area contributed by atoms with Gasteiger partial charge in [-0.1, -0.05) is 16.8 Å². The van der Waals surface area contributed by atoms with Gasteiger partial charge in [0, 0.05) is 17.0 Å². The number of amides is 1. The molecule has 1 N–H and O–H groups in total. The molecule has 8 heteroatoms. The van der Waals surface area contributed by atoms with Crippen molar-refractivity contribution in [3.8, 4) is 0 Å². The lowest BCUT2D eigenvalue weighted by atomic mass is 10.1. The standard InChI is InChI=1S/C16H16ClFN2O4/c1-9-12(10(2)24-20-9)4-6-16(22)23-8-15(21)19-14-7-11(17)3-5-13(14)18/h3,5,7H,4,6,8H2,1-2H3,(H,19,21). The summed E-state index contributed by atoms with van der Waals surface area (Å²) in [7, 11) is 0. The summed E-state index contributed by atoms with van der Waals surface area (Å²) in [5.74, 6) is -1.18. The van der Waals surface area contributed by atoms with E-state index in [1.807, 2.05) is 0 Å². The number of aromatic nitrogens is 1. The maximum atomic E-state index is 13.5. The second kappa shape index (κ2) is 7.92. The van der Waals surface area contributed by atoms with Crippen LogP contribution in [-0.4, -0.2) is 23.6 Å². The van der Waals surface area contributed by atoms with Crippen LogP contribution in [-0.2, 0) is 20.7 Å². The summed E-state index contributed by atoms with van der Waals surface area (Å²) in [6, 6.07) is 3.77. The van der Waals surface area contributed by atoms with Crippen LogP contribution in [0.1, 0.15) is 23.4 Å². The van der Waals surface area contributed by atoms with E-state index < -0.39 is 24.3 Å². The van der Waals surface area contributed by atoms with Crippen LogP contribution < -0.4 is 5.32 Å². The first kappa shape index (κ1) is 17.9. The molecule has 1 aromatic carbocycles. The van der Waals surface area contributed by atoms with Crippen LogP contribution in [0.2, 0.25) is 5.02 Å². The lowest BCUT2D eigenvalue weighted by Gasteiger charge is -2.08. The summed E-state index contributed by atoms with van der Waals surface area (Å²) in [6.45, 7) is 3.03. The van der Waals surface area contributed by atoms with Crippen molar-refractivity contribution in [2.75, 3.05) is 11.9 Å². The van der Waals surface area contributed by atoms with Gasteiger partial charge in [0.25, 0.3) is 5.91 Å². The minimum atomic E-state index is -0.651. The van der Waals surface area contributed by atoms with Gasteiger partial charge < -0.3 is 14.6 Å². The van der Waals surface area contributed by atoms with E-state index in [2.05, 4.69) is 10.5 Å². The van der Waals surface area contributed by atoms with Crippen molar-refractivity contribution in [1.29, 1.82) is 0 Å². The molecule has 0 aliphatic carbocycles. The second-order valence-electron chi connectivity index (χ2n) is 5.14. The number of hydrogen-bond donors (Lipinski definition) is 1. The molecule has 2 aromatic rings. The molecule has 128 valence electrons. The largest absolute Gasteiger partial charge is 0.456 e. The minimum Gasteiger partial charge on any atom is -0.456 e. The zero-order valence-corrected chi connectivity index (χ0v) is 13.9. The number of esters is 1. The molecule has 0 saturated carbocycles. The van der Waals surface area contributed by atoms with E-state index in [9.17, 15) is 14.0 Å². The van der Waals surface area contributed by atoms with E-state index in [0.717, 1.165) is 17.3 Å². The van der Waals surface area contributed by atoms with Crippen LogP contribution in [0, 0.1) is 19.7 Å². The fourth-order valence-electron chi connectivity index (χ4n) is 2.08. The molecule has 0 unspecified atom stereocenters. The average Bonchev–Trinajstić information content (AvgIpc) is 2.85. The summed E-state index contributed by atoms with van der Waals surface area (Å²) in [6.07, 6.45) is 0.492. The number of carbonyl (C=O) groups is 2. The Morgan fingerprint density at radius 3 is 2.79 bits per heavy atom. The molecule has 0 aliphatic rings. The van der Waals surface area contributed by atoms with Gasteiger partial charge in [-0.15, -0.1) is 0 Å². The molecule has 24 heavy (non-hydrogen) atoms. The number of aryl methyl sites for hydroxylation is 2. The zero-order valence-electron chi connectivity index (χ0n) is 13.2. The Balaban J connectivity index is 1.79. The fourth-order valence-corrected chi connectivity index (χ4v) is 2.26. The number of ether oxygens (including phenoxy) is 1. The maximum Gasteiger partial charge on any atom is 0.306 e. The lowest BCUT2D eigenvalue weighted by Crippen LogP contribution is -2.21. The molecular weight excluding hydrogens is 339 g/mol. The highest BCUT2D eigenvalue weighted by Gasteiger charge is 2.14. The topological polar surface area (TPSA) is 81.4 Å². The molecule has 0 saturated heterocycles. The molecule has 1 amide bonds. The molecule has 0 atom stereocenters. The average molecular weight is 355 g/mol. The Morgan fingerprint density at radius 2 is 2.12 bits per heavy atom. The van der Waals surface area contributed by atoms with Crippen molar-refractivity contribution in [3.05, 3.63) is 46.1 Å². The van der Waals surface area contributed by atoms with Crippen molar-refractivity contribution in [2.45, 2.75) is 26.7 Å².